The van der Waals surface area contributed by atoms with Crippen molar-refractivity contribution < 1.29 is 9.53 Å². The third kappa shape index (κ3) is 3.31. The molecule has 0 aliphatic rings. The molecule has 0 saturated heterocycles. The number of rotatable bonds is 5. The van der Waals surface area contributed by atoms with E-state index in [2.05, 4.69) is 31.9 Å². The largest absolute Gasteiger partial charge is 0.497 e. The molecule has 0 amide bonds. The lowest BCUT2D eigenvalue weighted by molar-refractivity contribution is 0.0989. The molecule has 0 heterocycles. The van der Waals surface area contributed by atoms with Crippen molar-refractivity contribution in [2.75, 3.05) is 12.4 Å². The second-order valence-corrected chi connectivity index (χ2v) is 4.37. The number of ketones is 1. The predicted molar refractivity (Wildman–Crippen MR) is 68.4 cm³/mol. The first kappa shape index (κ1) is 12.7. The van der Waals surface area contributed by atoms with Gasteiger partial charge in [-0.15, -0.1) is 0 Å². The van der Waals surface area contributed by atoms with E-state index in [1.54, 1.807) is 7.11 Å². The van der Waals surface area contributed by atoms with E-state index in [1.165, 1.54) is 0 Å². The highest BCUT2D eigenvalue weighted by Gasteiger charge is 2.10. The highest BCUT2D eigenvalue weighted by Crippen LogP contribution is 2.21. The Morgan fingerprint density at radius 1 is 1.40 bits per heavy atom. The number of Topliss-reactive ketones (excluding diaryl/α,β-unsaturated/α-hetero) is 1. The number of halogens is 2. The zero-order valence-electron chi connectivity index (χ0n) is 8.43. The molecule has 0 unspecified atom stereocenters. The van der Waals surface area contributed by atoms with Gasteiger partial charge in [-0.1, -0.05) is 31.9 Å². The third-order valence-corrected chi connectivity index (χ3v) is 3.08. The smallest absolute Gasteiger partial charge is 0.164 e. The average molecular weight is 336 g/mol. The topological polar surface area (TPSA) is 26.3 Å². The molecule has 2 nitrogen and oxygen atoms in total. The number of methoxy groups -OCH3 is 1. The summed E-state index contributed by atoms with van der Waals surface area (Å²) in [7, 11) is 1.62. The van der Waals surface area contributed by atoms with Crippen molar-refractivity contribution in [1.82, 2.24) is 0 Å². The van der Waals surface area contributed by atoms with Crippen molar-refractivity contribution >= 4 is 37.6 Å². The van der Waals surface area contributed by atoms with Gasteiger partial charge in [-0.2, -0.15) is 0 Å². The minimum atomic E-state index is 0.156. The van der Waals surface area contributed by atoms with Crippen molar-refractivity contribution in [2.24, 2.45) is 0 Å². The van der Waals surface area contributed by atoms with Crippen LogP contribution in [-0.4, -0.2) is 18.2 Å². The molecule has 0 radical (unpaired) electrons. The summed E-state index contributed by atoms with van der Waals surface area (Å²) in [6, 6.07) is 5.52. The number of alkyl halides is 2. The van der Waals surface area contributed by atoms with Gasteiger partial charge in [0.15, 0.2) is 5.78 Å². The van der Waals surface area contributed by atoms with Crippen molar-refractivity contribution in [3.05, 3.63) is 29.3 Å². The molecule has 0 spiro atoms. The first-order chi connectivity index (χ1) is 7.22. The van der Waals surface area contributed by atoms with E-state index < -0.39 is 0 Å². The molecule has 82 valence electrons. The molecule has 0 aromatic heterocycles. The summed E-state index contributed by atoms with van der Waals surface area (Å²) < 4.78 is 5.11. The van der Waals surface area contributed by atoms with Gasteiger partial charge in [0, 0.05) is 22.6 Å². The lowest BCUT2D eigenvalue weighted by Crippen LogP contribution is -2.03. The third-order valence-electron chi connectivity index (χ3n) is 2.08. The van der Waals surface area contributed by atoms with E-state index in [0.717, 1.165) is 16.9 Å². The van der Waals surface area contributed by atoms with Crippen LogP contribution in [0.15, 0.2) is 18.2 Å². The van der Waals surface area contributed by atoms with Crippen molar-refractivity contribution in [3.8, 4) is 5.75 Å². The number of hydrogen-bond acceptors (Lipinski definition) is 2. The van der Waals surface area contributed by atoms with Gasteiger partial charge >= 0.3 is 0 Å². The summed E-state index contributed by atoms with van der Waals surface area (Å²) in [6.07, 6.45) is 0.520. The Hall–Kier alpha value is -0.350. The lowest BCUT2D eigenvalue weighted by Gasteiger charge is -2.07. The summed E-state index contributed by atoms with van der Waals surface area (Å²) in [5.74, 6) is 0.934. The number of benzene rings is 1. The Morgan fingerprint density at radius 2 is 2.13 bits per heavy atom. The van der Waals surface area contributed by atoms with Crippen LogP contribution in [0.5, 0.6) is 5.75 Å². The molecule has 0 N–H and O–H groups in total. The minimum Gasteiger partial charge on any atom is -0.497 e. The quantitative estimate of drug-likeness (QED) is 0.607. The Bertz CT molecular complexity index is 350. The molecule has 4 heteroatoms. The van der Waals surface area contributed by atoms with Crippen LogP contribution >= 0.6 is 31.9 Å². The highest BCUT2D eigenvalue weighted by molar-refractivity contribution is 9.09. The van der Waals surface area contributed by atoms with Gasteiger partial charge in [0.1, 0.15) is 5.75 Å². The van der Waals surface area contributed by atoms with Gasteiger partial charge in [0.05, 0.1) is 7.11 Å². The van der Waals surface area contributed by atoms with E-state index in [1.807, 2.05) is 18.2 Å². The van der Waals surface area contributed by atoms with Crippen LogP contribution in [0.4, 0.5) is 0 Å². The van der Waals surface area contributed by atoms with E-state index >= 15 is 0 Å². The SMILES string of the molecule is COc1ccc(C(=O)CCBr)c(CBr)c1. The molecule has 0 aliphatic carbocycles. The molecular formula is C11H12Br2O2. The summed E-state index contributed by atoms with van der Waals surface area (Å²) in [6.45, 7) is 0. The zero-order valence-corrected chi connectivity index (χ0v) is 11.6. The second kappa shape index (κ2) is 6.28. The Kier molecular flexibility index (Phi) is 5.32. The van der Waals surface area contributed by atoms with E-state index in [0.29, 0.717) is 17.1 Å². The molecule has 15 heavy (non-hydrogen) atoms. The monoisotopic (exact) mass is 334 g/mol. The van der Waals surface area contributed by atoms with Crippen LogP contribution in [0.2, 0.25) is 0 Å². The van der Waals surface area contributed by atoms with Crippen LogP contribution in [0.25, 0.3) is 0 Å². The maximum Gasteiger partial charge on any atom is 0.164 e. The Balaban J connectivity index is 3.02. The Morgan fingerprint density at radius 3 is 2.67 bits per heavy atom. The molecule has 1 aromatic rings. The van der Waals surface area contributed by atoms with Gasteiger partial charge in [-0.05, 0) is 23.8 Å². The van der Waals surface area contributed by atoms with Gasteiger partial charge in [0.2, 0.25) is 0 Å². The van der Waals surface area contributed by atoms with Crippen LogP contribution in [0, 0.1) is 0 Å². The zero-order chi connectivity index (χ0) is 11.3. The first-order valence-corrected chi connectivity index (χ1v) is 6.79. The van der Waals surface area contributed by atoms with Crippen molar-refractivity contribution in [2.45, 2.75) is 11.8 Å². The lowest BCUT2D eigenvalue weighted by atomic mass is 10.0. The predicted octanol–water partition coefficient (Wildman–Crippen LogP) is 3.56. The van der Waals surface area contributed by atoms with Gasteiger partial charge < -0.3 is 4.74 Å². The van der Waals surface area contributed by atoms with Crippen molar-refractivity contribution in [3.63, 3.8) is 0 Å². The maximum absolute atomic E-state index is 11.7. The van der Waals surface area contributed by atoms with Crippen LogP contribution < -0.4 is 4.74 Å². The Labute approximate surface area is 106 Å². The standard InChI is InChI=1S/C11H12Br2O2/c1-15-9-2-3-10(8(6-9)7-13)11(14)4-5-12/h2-3,6H,4-5,7H2,1H3. The summed E-state index contributed by atoms with van der Waals surface area (Å²) in [4.78, 5) is 11.7. The van der Waals surface area contributed by atoms with E-state index in [9.17, 15) is 4.79 Å². The van der Waals surface area contributed by atoms with Gasteiger partial charge in [-0.3, -0.25) is 4.79 Å². The van der Waals surface area contributed by atoms with Crippen LogP contribution in [0.1, 0.15) is 22.3 Å². The fraction of sp³-hybridized carbons (Fsp3) is 0.364. The van der Waals surface area contributed by atoms with Gasteiger partial charge in [-0.25, -0.2) is 0 Å². The summed E-state index contributed by atoms with van der Waals surface area (Å²) in [5, 5.41) is 1.35. The second-order valence-electron chi connectivity index (χ2n) is 3.02. The first-order valence-electron chi connectivity index (χ1n) is 4.55. The highest BCUT2D eigenvalue weighted by atomic mass is 79.9. The fourth-order valence-corrected chi connectivity index (χ4v) is 2.12. The molecular weight excluding hydrogens is 324 g/mol. The molecule has 0 aliphatic heterocycles. The minimum absolute atomic E-state index is 0.156. The number of carbonyl (C=O) groups excluding carboxylic acids is 1. The van der Waals surface area contributed by atoms with Crippen LogP contribution in [-0.2, 0) is 5.33 Å². The molecule has 0 fully saturated rings. The van der Waals surface area contributed by atoms with E-state index in [4.69, 9.17) is 4.74 Å². The van der Waals surface area contributed by atoms with E-state index in [-0.39, 0.29) is 5.78 Å². The fourth-order valence-electron chi connectivity index (χ4n) is 1.30. The molecule has 0 atom stereocenters. The summed E-state index contributed by atoms with van der Waals surface area (Å²) >= 11 is 6.64. The molecule has 1 aromatic carbocycles. The maximum atomic E-state index is 11.7. The normalized spacial score (nSPS) is 10.1. The van der Waals surface area contributed by atoms with Crippen LogP contribution in [0.3, 0.4) is 0 Å². The molecule has 1 rings (SSSR count). The van der Waals surface area contributed by atoms with Crippen molar-refractivity contribution in [1.29, 1.82) is 0 Å². The number of carbonyl (C=O) groups is 1. The average Bonchev–Trinajstić information content (AvgIpc) is 2.28. The molecule has 0 saturated carbocycles. The van der Waals surface area contributed by atoms with Gasteiger partial charge in [0.25, 0.3) is 0 Å². The number of ether oxygens (including phenoxy) is 1. The number of hydrogen-bond donors (Lipinski definition) is 0. The molecule has 0 bridgehead atoms. The summed E-state index contributed by atoms with van der Waals surface area (Å²) in [5.41, 5.74) is 1.74.